The van der Waals surface area contributed by atoms with E-state index in [0.29, 0.717) is 0 Å². The summed E-state index contributed by atoms with van der Waals surface area (Å²) in [5.74, 6) is -0.889. The Morgan fingerprint density at radius 2 is 2.00 bits per heavy atom. The molecule has 20 heavy (non-hydrogen) atoms. The molecule has 8 heteroatoms. The Bertz CT molecular complexity index is 560. The second-order valence-corrected chi connectivity index (χ2v) is 5.50. The molecule has 0 spiro atoms. The number of alkyl halides is 3. The van der Waals surface area contributed by atoms with E-state index in [1.54, 1.807) is 22.6 Å². The van der Waals surface area contributed by atoms with Crippen LogP contribution < -0.4 is 10.6 Å². The van der Waals surface area contributed by atoms with Crippen molar-refractivity contribution >= 4 is 40.1 Å². The van der Waals surface area contributed by atoms with Gasteiger partial charge < -0.3 is 5.32 Å². The van der Waals surface area contributed by atoms with E-state index in [-0.39, 0.29) is 28.0 Å². The highest BCUT2D eigenvalue weighted by atomic mass is 127. The maximum Gasteiger partial charge on any atom is 0.417 e. The van der Waals surface area contributed by atoms with E-state index in [1.807, 2.05) is 0 Å². The molecule has 1 aliphatic rings. The summed E-state index contributed by atoms with van der Waals surface area (Å²) in [7, 11) is 0. The number of halogens is 4. The number of hydrogen-bond donors (Lipinski definition) is 2. The Balaban J connectivity index is 2.18. The molecule has 1 fully saturated rings. The predicted molar refractivity (Wildman–Crippen MR) is 74.0 cm³/mol. The molecule has 1 aromatic rings. The highest BCUT2D eigenvalue weighted by Gasteiger charge is 2.33. The summed E-state index contributed by atoms with van der Waals surface area (Å²) in [6.07, 6.45) is -4.02. The van der Waals surface area contributed by atoms with Crippen LogP contribution >= 0.6 is 22.6 Å². The van der Waals surface area contributed by atoms with Gasteiger partial charge >= 0.3 is 6.18 Å². The minimum absolute atomic E-state index is 0.0870. The maximum atomic E-state index is 12.8. The number of nitrogens with one attached hydrogen (secondary N) is 2. The average molecular weight is 398 g/mol. The van der Waals surface area contributed by atoms with E-state index in [9.17, 15) is 22.8 Å². The maximum absolute atomic E-state index is 12.8. The molecule has 2 N–H and O–H groups in total. The van der Waals surface area contributed by atoms with Crippen molar-refractivity contribution in [2.45, 2.75) is 25.1 Å². The quantitative estimate of drug-likeness (QED) is 0.595. The second kappa shape index (κ2) is 5.58. The van der Waals surface area contributed by atoms with E-state index >= 15 is 0 Å². The average Bonchev–Trinajstić information content (AvgIpc) is 2.33. The summed E-state index contributed by atoms with van der Waals surface area (Å²) < 4.78 is 38.4. The van der Waals surface area contributed by atoms with E-state index in [4.69, 9.17) is 0 Å². The summed E-state index contributed by atoms with van der Waals surface area (Å²) in [6, 6.07) is 3.07. The number of hydrogen-bond acceptors (Lipinski definition) is 3. The number of imide groups is 1. The minimum Gasteiger partial charge on any atom is -0.374 e. The summed E-state index contributed by atoms with van der Waals surface area (Å²) in [5, 5.41) is 4.87. The normalized spacial score (nSPS) is 19.7. The van der Waals surface area contributed by atoms with Gasteiger partial charge in [0.2, 0.25) is 11.8 Å². The lowest BCUT2D eigenvalue weighted by Crippen LogP contribution is -2.47. The van der Waals surface area contributed by atoms with Crippen LogP contribution in [0.3, 0.4) is 0 Å². The molecular weight excluding hydrogens is 388 g/mol. The van der Waals surface area contributed by atoms with Crippen LogP contribution in [-0.2, 0) is 15.8 Å². The van der Waals surface area contributed by atoms with Gasteiger partial charge in [-0.1, -0.05) is 0 Å². The van der Waals surface area contributed by atoms with Crippen molar-refractivity contribution in [1.82, 2.24) is 5.32 Å². The Morgan fingerprint density at radius 1 is 1.30 bits per heavy atom. The molecule has 0 bridgehead atoms. The second-order valence-electron chi connectivity index (χ2n) is 4.34. The van der Waals surface area contributed by atoms with Crippen molar-refractivity contribution in [2.75, 3.05) is 5.32 Å². The van der Waals surface area contributed by atoms with Gasteiger partial charge in [-0.25, -0.2) is 0 Å². The van der Waals surface area contributed by atoms with Crippen LogP contribution in [0.2, 0.25) is 0 Å². The Morgan fingerprint density at radius 3 is 2.60 bits per heavy atom. The highest BCUT2D eigenvalue weighted by molar-refractivity contribution is 14.1. The molecule has 1 aliphatic heterocycles. The fourth-order valence-corrected chi connectivity index (χ4v) is 2.51. The number of anilines is 1. The van der Waals surface area contributed by atoms with E-state index in [1.165, 1.54) is 12.1 Å². The van der Waals surface area contributed by atoms with Gasteiger partial charge in [0.25, 0.3) is 0 Å². The smallest absolute Gasteiger partial charge is 0.374 e. The first-order valence-electron chi connectivity index (χ1n) is 5.74. The third kappa shape index (κ3) is 3.41. The zero-order valence-electron chi connectivity index (χ0n) is 10.1. The predicted octanol–water partition coefficient (Wildman–Crippen LogP) is 2.53. The lowest BCUT2D eigenvalue weighted by Gasteiger charge is -2.23. The van der Waals surface area contributed by atoms with E-state index in [0.717, 1.165) is 6.07 Å². The molecule has 4 nitrogen and oxygen atoms in total. The molecular formula is C12H10F3IN2O2. The largest absolute Gasteiger partial charge is 0.417 e. The fraction of sp³-hybridized carbons (Fsp3) is 0.333. The van der Waals surface area contributed by atoms with Gasteiger partial charge in [0.1, 0.15) is 6.04 Å². The first kappa shape index (κ1) is 15.1. The van der Waals surface area contributed by atoms with Crippen LogP contribution in [0.15, 0.2) is 18.2 Å². The molecule has 1 aromatic carbocycles. The zero-order chi connectivity index (χ0) is 14.9. The van der Waals surface area contributed by atoms with Crippen molar-refractivity contribution in [1.29, 1.82) is 0 Å². The Labute approximate surface area is 126 Å². The van der Waals surface area contributed by atoms with Crippen molar-refractivity contribution in [3.8, 4) is 0 Å². The van der Waals surface area contributed by atoms with Crippen LogP contribution in [-0.4, -0.2) is 17.9 Å². The SMILES string of the molecule is O=C1CCC(Nc2ccc(I)c(C(F)(F)F)c2)C(=O)N1. The monoisotopic (exact) mass is 398 g/mol. The summed E-state index contributed by atoms with van der Waals surface area (Å²) in [4.78, 5) is 22.5. The molecule has 2 rings (SSSR count). The highest BCUT2D eigenvalue weighted by Crippen LogP contribution is 2.34. The molecule has 1 saturated heterocycles. The molecule has 0 aliphatic carbocycles. The van der Waals surface area contributed by atoms with E-state index < -0.39 is 23.7 Å². The number of rotatable bonds is 2. The molecule has 108 valence electrons. The third-order valence-electron chi connectivity index (χ3n) is 2.85. The Hall–Kier alpha value is -1.32. The third-order valence-corrected chi connectivity index (χ3v) is 3.79. The standard InChI is InChI=1S/C12H10F3IN2O2/c13-12(14,15)7-5-6(1-2-8(7)16)17-9-3-4-10(19)18-11(9)20/h1-2,5,9,17H,3-4H2,(H,18,19,20). The lowest BCUT2D eigenvalue weighted by atomic mass is 10.1. The summed E-state index contributed by atoms with van der Waals surface area (Å²) >= 11 is 1.61. The van der Waals surface area contributed by atoms with Crippen molar-refractivity contribution in [2.24, 2.45) is 0 Å². The molecule has 1 unspecified atom stereocenters. The van der Waals surface area contributed by atoms with Gasteiger partial charge in [-0.3, -0.25) is 14.9 Å². The van der Waals surface area contributed by atoms with Gasteiger partial charge in [0.05, 0.1) is 5.56 Å². The van der Waals surface area contributed by atoms with Crippen LogP contribution in [0.25, 0.3) is 0 Å². The first-order valence-corrected chi connectivity index (χ1v) is 6.82. The van der Waals surface area contributed by atoms with Gasteiger partial charge in [-0.15, -0.1) is 0 Å². The van der Waals surface area contributed by atoms with E-state index in [2.05, 4.69) is 10.6 Å². The first-order chi connectivity index (χ1) is 9.27. The van der Waals surface area contributed by atoms with Crippen LogP contribution in [0, 0.1) is 3.57 Å². The zero-order valence-corrected chi connectivity index (χ0v) is 12.2. The van der Waals surface area contributed by atoms with Gasteiger partial charge in [-0.05, 0) is 47.2 Å². The topological polar surface area (TPSA) is 58.2 Å². The lowest BCUT2D eigenvalue weighted by molar-refractivity contribution is -0.138. The van der Waals surface area contributed by atoms with Crippen molar-refractivity contribution < 1.29 is 22.8 Å². The molecule has 0 saturated carbocycles. The molecule has 0 radical (unpaired) electrons. The fourth-order valence-electron chi connectivity index (χ4n) is 1.86. The number of piperidine rings is 1. The Kier molecular flexibility index (Phi) is 4.21. The molecule has 1 heterocycles. The minimum atomic E-state index is -4.45. The number of benzene rings is 1. The van der Waals surface area contributed by atoms with Gasteiger partial charge in [-0.2, -0.15) is 13.2 Å². The number of carbonyl (C=O) groups is 2. The number of amides is 2. The van der Waals surface area contributed by atoms with Gasteiger partial charge in [0, 0.05) is 15.7 Å². The van der Waals surface area contributed by atoms with Crippen LogP contribution in [0.4, 0.5) is 18.9 Å². The van der Waals surface area contributed by atoms with Crippen molar-refractivity contribution in [3.05, 3.63) is 27.3 Å². The van der Waals surface area contributed by atoms with Gasteiger partial charge in [0.15, 0.2) is 0 Å². The van der Waals surface area contributed by atoms with Crippen molar-refractivity contribution in [3.63, 3.8) is 0 Å². The molecule has 2 amide bonds. The summed E-state index contributed by atoms with van der Waals surface area (Å²) in [6.45, 7) is 0. The van der Waals surface area contributed by atoms with Crippen LogP contribution in [0.5, 0.6) is 0 Å². The summed E-state index contributed by atoms with van der Waals surface area (Å²) in [5.41, 5.74) is -0.553. The molecule has 1 atom stereocenters. The number of carbonyl (C=O) groups excluding carboxylic acids is 2. The molecule has 0 aromatic heterocycles. The van der Waals surface area contributed by atoms with Crippen LogP contribution in [0.1, 0.15) is 18.4 Å².